The molecule has 2 aliphatic rings. The lowest BCUT2D eigenvalue weighted by atomic mass is 10.2. The highest BCUT2D eigenvalue weighted by atomic mass is 32.2. The van der Waals surface area contributed by atoms with Crippen LogP contribution in [0.2, 0.25) is 0 Å². The monoisotopic (exact) mass is 473 g/mol. The van der Waals surface area contributed by atoms with E-state index in [4.69, 9.17) is 0 Å². The molecular weight excluding hydrogens is 449 g/mol. The largest absolute Gasteiger partial charge is 0.326 e. The van der Waals surface area contributed by atoms with Crippen molar-refractivity contribution < 1.29 is 27.2 Å². The summed E-state index contributed by atoms with van der Waals surface area (Å²) >= 11 is 0. The molecule has 174 valence electrons. The molecule has 3 amide bonds. The highest BCUT2D eigenvalue weighted by Gasteiger charge is 2.49. The number of hydrogen-bond donors (Lipinski definition) is 1. The van der Waals surface area contributed by atoms with Crippen molar-refractivity contribution in [3.8, 4) is 0 Å². The molecule has 10 heteroatoms. The van der Waals surface area contributed by atoms with Gasteiger partial charge in [0.1, 0.15) is 11.9 Å². The van der Waals surface area contributed by atoms with Gasteiger partial charge in [0.2, 0.25) is 21.8 Å². The van der Waals surface area contributed by atoms with Crippen LogP contribution in [0.15, 0.2) is 53.4 Å². The Labute approximate surface area is 191 Å². The lowest BCUT2D eigenvalue weighted by molar-refractivity contribution is -0.122. The Morgan fingerprint density at radius 3 is 2.21 bits per heavy atom. The van der Waals surface area contributed by atoms with Crippen LogP contribution in [0, 0.1) is 5.82 Å². The molecule has 1 saturated carbocycles. The van der Waals surface area contributed by atoms with Crippen molar-refractivity contribution >= 4 is 39.1 Å². The lowest BCUT2D eigenvalue weighted by Crippen LogP contribution is -2.49. The summed E-state index contributed by atoms with van der Waals surface area (Å²) in [6, 6.07) is 9.07. The molecule has 1 heterocycles. The van der Waals surface area contributed by atoms with Crippen LogP contribution in [0.4, 0.5) is 15.8 Å². The van der Waals surface area contributed by atoms with Crippen LogP contribution >= 0.6 is 0 Å². The number of halogens is 1. The Morgan fingerprint density at radius 1 is 1.03 bits per heavy atom. The molecule has 2 aromatic rings. The van der Waals surface area contributed by atoms with Gasteiger partial charge in [-0.25, -0.2) is 17.7 Å². The Balaban J connectivity index is 1.69. The Kier molecular flexibility index (Phi) is 6.31. The first-order valence-electron chi connectivity index (χ1n) is 10.7. The van der Waals surface area contributed by atoms with Gasteiger partial charge in [-0.05, 0) is 61.4 Å². The zero-order valence-corrected chi connectivity index (χ0v) is 18.8. The van der Waals surface area contributed by atoms with Crippen molar-refractivity contribution in [1.29, 1.82) is 0 Å². The van der Waals surface area contributed by atoms with Crippen LogP contribution in [0.25, 0.3) is 0 Å². The number of nitrogens with one attached hydrogen (secondary N) is 1. The Bertz CT molecular complexity index is 1180. The standard InChI is InChI=1S/C23H24FN3O5S/c1-15(28)25-17-8-12-20(13-9-17)33(31,32)27(19-4-2-3-5-19)21-14-22(29)26(23(21)30)18-10-6-16(24)7-11-18/h6-13,19,21H,2-5,14H2,1H3,(H,25,28). The predicted octanol–water partition coefficient (Wildman–Crippen LogP) is 3.05. The van der Waals surface area contributed by atoms with E-state index in [1.807, 2.05) is 0 Å². The number of imide groups is 1. The molecule has 1 saturated heterocycles. The second-order valence-corrected chi connectivity index (χ2v) is 10.1. The van der Waals surface area contributed by atoms with Gasteiger partial charge in [0, 0.05) is 18.7 Å². The van der Waals surface area contributed by atoms with E-state index in [1.165, 1.54) is 47.6 Å². The highest BCUT2D eigenvalue weighted by molar-refractivity contribution is 7.89. The van der Waals surface area contributed by atoms with E-state index in [0.717, 1.165) is 29.9 Å². The van der Waals surface area contributed by atoms with Gasteiger partial charge in [-0.3, -0.25) is 14.4 Å². The van der Waals surface area contributed by atoms with Crippen molar-refractivity contribution in [3.05, 3.63) is 54.3 Å². The number of sulfonamides is 1. The smallest absolute Gasteiger partial charge is 0.252 e. The van der Waals surface area contributed by atoms with Gasteiger partial charge in [0.15, 0.2) is 0 Å². The number of nitrogens with zero attached hydrogens (tertiary/aromatic N) is 2. The van der Waals surface area contributed by atoms with Crippen LogP contribution in [0.5, 0.6) is 0 Å². The van der Waals surface area contributed by atoms with Gasteiger partial charge in [-0.15, -0.1) is 0 Å². The fourth-order valence-electron chi connectivity index (χ4n) is 4.49. The normalized spacial score (nSPS) is 19.5. The minimum atomic E-state index is -4.12. The molecule has 33 heavy (non-hydrogen) atoms. The second kappa shape index (κ2) is 9.03. The molecule has 0 spiro atoms. The van der Waals surface area contributed by atoms with Gasteiger partial charge < -0.3 is 5.32 Å². The van der Waals surface area contributed by atoms with Crippen molar-refractivity contribution in [2.24, 2.45) is 0 Å². The molecule has 2 fully saturated rings. The topological polar surface area (TPSA) is 104 Å². The third-order valence-corrected chi connectivity index (χ3v) is 7.93. The number of carbonyl (C=O) groups excluding carboxylic acids is 3. The zero-order valence-electron chi connectivity index (χ0n) is 18.0. The highest BCUT2D eigenvalue weighted by Crippen LogP contribution is 2.35. The summed E-state index contributed by atoms with van der Waals surface area (Å²) in [6.45, 7) is 1.35. The molecule has 1 atom stereocenters. The van der Waals surface area contributed by atoms with E-state index in [0.29, 0.717) is 18.5 Å². The summed E-state index contributed by atoms with van der Waals surface area (Å²) in [5.41, 5.74) is 0.654. The van der Waals surface area contributed by atoms with Crippen LogP contribution in [-0.4, -0.2) is 42.5 Å². The van der Waals surface area contributed by atoms with E-state index >= 15 is 0 Å². The van der Waals surface area contributed by atoms with Gasteiger partial charge in [0.05, 0.1) is 17.0 Å². The maximum Gasteiger partial charge on any atom is 0.252 e. The number of benzene rings is 2. The molecule has 1 N–H and O–H groups in total. The third-order valence-electron chi connectivity index (χ3n) is 5.95. The average Bonchev–Trinajstić information content (AvgIpc) is 3.38. The molecule has 0 radical (unpaired) electrons. The van der Waals surface area contributed by atoms with E-state index in [9.17, 15) is 27.2 Å². The summed E-state index contributed by atoms with van der Waals surface area (Å²) < 4.78 is 41.9. The maximum atomic E-state index is 13.7. The molecular formula is C23H24FN3O5S. The fraction of sp³-hybridized carbons (Fsp3) is 0.348. The predicted molar refractivity (Wildman–Crippen MR) is 119 cm³/mol. The number of amides is 3. The molecule has 1 aliphatic heterocycles. The SMILES string of the molecule is CC(=O)Nc1ccc(S(=O)(=O)N(C2CCCC2)C2CC(=O)N(c3ccc(F)cc3)C2=O)cc1. The lowest BCUT2D eigenvalue weighted by Gasteiger charge is -2.32. The van der Waals surface area contributed by atoms with Crippen LogP contribution in [0.1, 0.15) is 39.0 Å². The van der Waals surface area contributed by atoms with Crippen molar-refractivity contribution in [2.75, 3.05) is 10.2 Å². The summed E-state index contributed by atoms with van der Waals surface area (Å²) in [6.07, 6.45) is 2.56. The van der Waals surface area contributed by atoms with Crippen LogP contribution in [0.3, 0.4) is 0 Å². The van der Waals surface area contributed by atoms with E-state index in [2.05, 4.69) is 5.32 Å². The van der Waals surface area contributed by atoms with Gasteiger partial charge in [0.25, 0.3) is 5.91 Å². The molecule has 0 aromatic heterocycles. The second-order valence-electron chi connectivity index (χ2n) is 8.24. The van der Waals surface area contributed by atoms with Crippen molar-refractivity contribution in [2.45, 2.75) is 56.0 Å². The van der Waals surface area contributed by atoms with Gasteiger partial charge >= 0.3 is 0 Å². The zero-order chi connectivity index (χ0) is 23.8. The first kappa shape index (κ1) is 23.1. The summed E-state index contributed by atoms with van der Waals surface area (Å²) in [5.74, 6) is -1.96. The number of anilines is 2. The first-order valence-corrected chi connectivity index (χ1v) is 12.2. The first-order chi connectivity index (χ1) is 15.7. The molecule has 2 aromatic carbocycles. The van der Waals surface area contributed by atoms with Gasteiger partial charge in [-0.2, -0.15) is 4.31 Å². The minimum Gasteiger partial charge on any atom is -0.326 e. The molecule has 4 rings (SSSR count). The van der Waals surface area contributed by atoms with Crippen molar-refractivity contribution in [3.63, 3.8) is 0 Å². The Morgan fingerprint density at radius 2 is 1.64 bits per heavy atom. The van der Waals surface area contributed by atoms with E-state index in [-0.39, 0.29) is 22.9 Å². The minimum absolute atomic E-state index is 0.0241. The van der Waals surface area contributed by atoms with Crippen molar-refractivity contribution in [1.82, 2.24) is 4.31 Å². The third kappa shape index (κ3) is 4.53. The summed E-state index contributed by atoms with van der Waals surface area (Å²) in [7, 11) is -4.12. The summed E-state index contributed by atoms with van der Waals surface area (Å²) in [4.78, 5) is 38.2. The average molecular weight is 474 g/mol. The van der Waals surface area contributed by atoms with Crippen LogP contribution in [-0.2, 0) is 24.4 Å². The van der Waals surface area contributed by atoms with E-state index in [1.54, 1.807) is 0 Å². The molecule has 8 nitrogen and oxygen atoms in total. The maximum absolute atomic E-state index is 13.7. The van der Waals surface area contributed by atoms with E-state index < -0.39 is 39.7 Å². The fourth-order valence-corrected chi connectivity index (χ4v) is 6.31. The Hall–Kier alpha value is -3.11. The quantitative estimate of drug-likeness (QED) is 0.650. The molecule has 1 aliphatic carbocycles. The number of carbonyl (C=O) groups is 3. The van der Waals surface area contributed by atoms with Gasteiger partial charge in [-0.1, -0.05) is 12.8 Å². The summed E-state index contributed by atoms with van der Waals surface area (Å²) in [5, 5.41) is 2.58. The molecule has 1 unspecified atom stereocenters. The van der Waals surface area contributed by atoms with Crippen LogP contribution < -0.4 is 10.2 Å². The number of rotatable bonds is 6. The number of hydrogen-bond acceptors (Lipinski definition) is 5. The molecule has 0 bridgehead atoms.